The van der Waals surface area contributed by atoms with Gasteiger partial charge in [0.2, 0.25) is 0 Å². The van der Waals surface area contributed by atoms with Crippen LogP contribution in [0, 0.1) is 0 Å². The predicted octanol–water partition coefficient (Wildman–Crippen LogP) is 2.34. The van der Waals surface area contributed by atoms with Crippen LogP contribution in [0.25, 0.3) is 4.96 Å². The first-order valence-electron chi connectivity index (χ1n) is 6.19. The number of imidazole rings is 1. The zero-order valence-electron chi connectivity index (χ0n) is 11.3. The Bertz CT molecular complexity index is 765. The van der Waals surface area contributed by atoms with Crippen LogP contribution < -0.4 is 10.5 Å². The highest BCUT2D eigenvalue weighted by atomic mass is 32.1. The Morgan fingerprint density at radius 1 is 1.48 bits per heavy atom. The third-order valence-electron chi connectivity index (χ3n) is 2.97. The standard InChI is InChI=1S/C14H13N3O3S/c1-19-13(18)12-10(15)3-2-4-11(12)20-8-9-7-17-5-6-21-14(17)16-9/h2-7H,8,15H2,1H3. The van der Waals surface area contributed by atoms with Crippen molar-refractivity contribution >= 4 is 28.0 Å². The molecule has 0 unspecified atom stereocenters. The monoisotopic (exact) mass is 303 g/mol. The molecule has 2 N–H and O–H groups in total. The molecule has 2 aromatic heterocycles. The summed E-state index contributed by atoms with van der Waals surface area (Å²) < 4.78 is 12.3. The van der Waals surface area contributed by atoms with Gasteiger partial charge in [0, 0.05) is 23.5 Å². The highest BCUT2D eigenvalue weighted by Crippen LogP contribution is 2.26. The highest BCUT2D eigenvalue weighted by molar-refractivity contribution is 7.15. The molecular formula is C14H13N3O3S. The molecule has 0 saturated carbocycles. The number of methoxy groups -OCH3 is 1. The molecule has 0 spiro atoms. The van der Waals surface area contributed by atoms with Crippen molar-refractivity contribution in [1.82, 2.24) is 9.38 Å². The summed E-state index contributed by atoms with van der Waals surface area (Å²) in [6, 6.07) is 5.04. The third-order valence-corrected chi connectivity index (χ3v) is 3.74. The van der Waals surface area contributed by atoms with Crippen molar-refractivity contribution in [2.45, 2.75) is 6.61 Å². The number of esters is 1. The van der Waals surface area contributed by atoms with E-state index in [4.69, 9.17) is 15.2 Å². The zero-order chi connectivity index (χ0) is 14.8. The smallest absolute Gasteiger partial charge is 0.343 e. The number of nitrogen functional groups attached to an aromatic ring is 1. The molecule has 0 radical (unpaired) electrons. The molecule has 0 aliphatic rings. The number of thiazole rings is 1. The van der Waals surface area contributed by atoms with Gasteiger partial charge in [0.25, 0.3) is 0 Å². The van der Waals surface area contributed by atoms with Crippen LogP contribution in [0.1, 0.15) is 16.1 Å². The summed E-state index contributed by atoms with van der Waals surface area (Å²) in [6.07, 6.45) is 3.81. The molecule has 3 rings (SSSR count). The minimum atomic E-state index is -0.520. The Labute approximate surface area is 124 Å². The second-order valence-electron chi connectivity index (χ2n) is 4.33. The predicted molar refractivity (Wildman–Crippen MR) is 79.6 cm³/mol. The second-order valence-corrected chi connectivity index (χ2v) is 5.20. The van der Waals surface area contributed by atoms with E-state index in [0.717, 1.165) is 10.7 Å². The Morgan fingerprint density at radius 3 is 3.10 bits per heavy atom. The number of carbonyl (C=O) groups is 1. The van der Waals surface area contributed by atoms with Gasteiger partial charge in [-0.2, -0.15) is 0 Å². The molecule has 21 heavy (non-hydrogen) atoms. The van der Waals surface area contributed by atoms with Crippen LogP contribution in [0.4, 0.5) is 5.69 Å². The molecule has 0 fully saturated rings. The van der Waals surface area contributed by atoms with E-state index < -0.39 is 5.97 Å². The average Bonchev–Trinajstić information content (AvgIpc) is 3.05. The number of nitrogens with zero attached hydrogens (tertiary/aromatic N) is 2. The van der Waals surface area contributed by atoms with E-state index in [1.54, 1.807) is 29.5 Å². The fraction of sp³-hybridized carbons (Fsp3) is 0.143. The molecule has 1 aromatic carbocycles. The maximum Gasteiger partial charge on any atom is 0.343 e. The van der Waals surface area contributed by atoms with E-state index in [1.807, 2.05) is 22.2 Å². The van der Waals surface area contributed by atoms with Gasteiger partial charge in [-0.3, -0.25) is 4.40 Å². The molecule has 3 aromatic rings. The van der Waals surface area contributed by atoms with Crippen LogP contribution >= 0.6 is 11.3 Å². The number of nitrogens with two attached hydrogens (primary N) is 1. The number of anilines is 1. The summed E-state index contributed by atoms with van der Waals surface area (Å²) in [5.74, 6) is -0.132. The number of hydrogen-bond acceptors (Lipinski definition) is 6. The minimum absolute atomic E-state index is 0.237. The maximum atomic E-state index is 11.8. The lowest BCUT2D eigenvalue weighted by Crippen LogP contribution is -2.09. The number of fused-ring (bicyclic) bond motifs is 1. The number of aromatic nitrogens is 2. The molecule has 0 saturated heterocycles. The molecule has 0 aliphatic carbocycles. The number of hydrogen-bond donors (Lipinski definition) is 1. The van der Waals surface area contributed by atoms with Gasteiger partial charge in [-0.25, -0.2) is 9.78 Å². The van der Waals surface area contributed by atoms with Gasteiger partial charge in [-0.15, -0.1) is 11.3 Å². The maximum absolute atomic E-state index is 11.8. The Morgan fingerprint density at radius 2 is 2.33 bits per heavy atom. The van der Waals surface area contributed by atoms with Crippen LogP contribution in [0.2, 0.25) is 0 Å². The van der Waals surface area contributed by atoms with Gasteiger partial charge >= 0.3 is 5.97 Å². The van der Waals surface area contributed by atoms with E-state index in [1.165, 1.54) is 7.11 Å². The van der Waals surface area contributed by atoms with Crippen molar-refractivity contribution in [3.05, 3.63) is 47.2 Å². The number of benzene rings is 1. The third kappa shape index (κ3) is 2.55. The Kier molecular flexibility index (Phi) is 3.49. The highest BCUT2D eigenvalue weighted by Gasteiger charge is 2.17. The summed E-state index contributed by atoms with van der Waals surface area (Å²) >= 11 is 1.55. The van der Waals surface area contributed by atoms with Crippen molar-refractivity contribution in [2.75, 3.05) is 12.8 Å². The largest absolute Gasteiger partial charge is 0.486 e. The molecule has 0 atom stereocenters. The van der Waals surface area contributed by atoms with Crippen LogP contribution in [0.5, 0.6) is 5.75 Å². The van der Waals surface area contributed by atoms with Crippen LogP contribution in [0.3, 0.4) is 0 Å². The van der Waals surface area contributed by atoms with Gasteiger partial charge in [0.15, 0.2) is 4.96 Å². The van der Waals surface area contributed by atoms with Gasteiger partial charge < -0.3 is 15.2 Å². The Balaban J connectivity index is 1.83. The van der Waals surface area contributed by atoms with Gasteiger partial charge in [-0.05, 0) is 12.1 Å². The van der Waals surface area contributed by atoms with E-state index >= 15 is 0 Å². The summed E-state index contributed by atoms with van der Waals surface area (Å²) in [5.41, 5.74) is 7.15. The number of rotatable bonds is 4. The fourth-order valence-corrected chi connectivity index (χ4v) is 2.71. The first-order chi connectivity index (χ1) is 10.2. The topological polar surface area (TPSA) is 78.8 Å². The molecule has 0 aliphatic heterocycles. The molecule has 108 valence electrons. The van der Waals surface area contributed by atoms with Crippen molar-refractivity contribution in [3.8, 4) is 5.75 Å². The lowest BCUT2D eigenvalue weighted by molar-refractivity contribution is 0.0597. The van der Waals surface area contributed by atoms with E-state index in [2.05, 4.69) is 4.98 Å². The summed E-state index contributed by atoms with van der Waals surface area (Å²) in [7, 11) is 1.31. The van der Waals surface area contributed by atoms with Crippen LogP contribution in [0.15, 0.2) is 36.0 Å². The van der Waals surface area contributed by atoms with E-state index in [9.17, 15) is 4.79 Å². The first kappa shape index (κ1) is 13.4. The van der Waals surface area contributed by atoms with Gasteiger partial charge in [-0.1, -0.05) is 6.07 Å². The van der Waals surface area contributed by atoms with Crippen LogP contribution in [-0.4, -0.2) is 22.5 Å². The zero-order valence-corrected chi connectivity index (χ0v) is 12.1. The summed E-state index contributed by atoms with van der Waals surface area (Å²) in [4.78, 5) is 17.1. The molecule has 2 heterocycles. The van der Waals surface area contributed by atoms with Gasteiger partial charge in [0.05, 0.1) is 12.8 Å². The molecule has 0 amide bonds. The molecular weight excluding hydrogens is 290 g/mol. The molecule has 7 heteroatoms. The fourth-order valence-electron chi connectivity index (χ4n) is 1.99. The average molecular weight is 303 g/mol. The second kappa shape index (κ2) is 5.45. The minimum Gasteiger partial charge on any atom is -0.486 e. The van der Waals surface area contributed by atoms with Crippen molar-refractivity contribution in [3.63, 3.8) is 0 Å². The summed E-state index contributed by atoms with van der Waals surface area (Å²) in [6.45, 7) is 0.252. The van der Waals surface area contributed by atoms with Crippen molar-refractivity contribution in [1.29, 1.82) is 0 Å². The van der Waals surface area contributed by atoms with Gasteiger partial charge in [0.1, 0.15) is 17.9 Å². The lowest BCUT2D eigenvalue weighted by atomic mass is 10.1. The quantitative estimate of drug-likeness (QED) is 0.591. The molecule has 6 nitrogen and oxygen atoms in total. The van der Waals surface area contributed by atoms with Crippen LogP contribution in [-0.2, 0) is 11.3 Å². The van der Waals surface area contributed by atoms with Crippen molar-refractivity contribution in [2.24, 2.45) is 0 Å². The summed E-state index contributed by atoms with van der Waals surface area (Å²) in [5, 5.41) is 1.96. The SMILES string of the molecule is COC(=O)c1c(N)cccc1OCc1cn2ccsc2n1. The molecule has 0 bridgehead atoms. The van der Waals surface area contributed by atoms with E-state index in [0.29, 0.717) is 11.4 Å². The first-order valence-corrected chi connectivity index (χ1v) is 7.07. The normalized spacial score (nSPS) is 10.7. The number of ether oxygens (including phenoxy) is 2. The number of carbonyl (C=O) groups excluding carboxylic acids is 1. The lowest BCUT2D eigenvalue weighted by Gasteiger charge is -2.11. The Hall–Kier alpha value is -2.54. The van der Waals surface area contributed by atoms with E-state index in [-0.39, 0.29) is 12.2 Å². The van der Waals surface area contributed by atoms with Crippen molar-refractivity contribution < 1.29 is 14.3 Å².